The average Bonchev–Trinajstić information content (AvgIpc) is 3.50. The molecule has 2 aromatic carbocycles. The number of aromatic nitrogens is 2. The summed E-state index contributed by atoms with van der Waals surface area (Å²) >= 11 is 0. The van der Waals surface area contributed by atoms with Crippen molar-refractivity contribution in [2.45, 2.75) is 45.6 Å². The maximum absolute atomic E-state index is 13.0. The van der Waals surface area contributed by atoms with Crippen LogP contribution in [0.15, 0.2) is 42.5 Å². The number of anilines is 3. The van der Waals surface area contributed by atoms with Crippen LogP contribution in [0, 0.1) is 0 Å². The van der Waals surface area contributed by atoms with Gasteiger partial charge >= 0.3 is 0 Å². The van der Waals surface area contributed by atoms with Gasteiger partial charge in [0.05, 0.1) is 0 Å². The van der Waals surface area contributed by atoms with E-state index in [1.807, 2.05) is 31.2 Å². The number of rotatable bonds is 10. The van der Waals surface area contributed by atoms with Crippen LogP contribution >= 0.6 is 0 Å². The number of ether oxygens (including phenoxy) is 1. The largest absolute Gasteiger partial charge is 0.508 e. The summed E-state index contributed by atoms with van der Waals surface area (Å²) in [6, 6.07) is 12.8. The van der Waals surface area contributed by atoms with E-state index in [0.717, 1.165) is 36.5 Å². The van der Waals surface area contributed by atoms with Crippen LogP contribution in [0.25, 0.3) is 0 Å². The van der Waals surface area contributed by atoms with Gasteiger partial charge in [0.1, 0.15) is 23.8 Å². The molecular weight excluding hydrogens is 430 g/mol. The molecule has 1 atom stereocenters. The van der Waals surface area contributed by atoms with Gasteiger partial charge in [-0.3, -0.25) is 9.69 Å². The van der Waals surface area contributed by atoms with Gasteiger partial charge in [-0.05, 0) is 87.3 Å². The number of aromatic hydroxyl groups is 1. The molecule has 1 fully saturated rings. The summed E-state index contributed by atoms with van der Waals surface area (Å²) in [5.74, 6) is 1.22. The number of benzene rings is 2. The Kier molecular flexibility index (Phi) is 7.37. The van der Waals surface area contributed by atoms with Gasteiger partial charge in [-0.2, -0.15) is 4.98 Å². The monoisotopic (exact) mass is 463 g/mol. The molecule has 1 aliphatic rings. The van der Waals surface area contributed by atoms with Crippen molar-refractivity contribution in [2.75, 3.05) is 30.7 Å². The predicted molar refractivity (Wildman–Crippen MR) is 134 cm³/mol. The lowest BCUT2D eigenvalue weighted by Crippen LogP contribution is -2.34. The number of nitrogens with zero attached hydrogens (tertiary/aromatic N) is 2. The summed E-state index contributed by atoms with van der Waals surface area (Å²) in [4.78, 5) is 22.7. The highest BCUT2D eigenvalue weighted by atomic mass is 16.5. The van der Waals surface area contributed by atoms with Gasteiger partial charge < -0.3 is 25.9 Å². The SMILES string of the molecule is CCCc1cc(C(=O)c2[nH]c(Nc3ccc(OCC(C)N4CCCC4)cc3)nc2N)ccc1O. The Balaban J connectivity index is 1.38. The van der Waals surface area contributed by atoms with E-state index in [1.165, 1.54) is 12.8 Å². The second-order valence-electron chi connectivity index (χ2n) is 8.82. The molecule has 0 bridgehead atoms. The zero-order valence-corrected chi connectivity index (χ0v) is 19.8. The zero-order valence-electron chi connectivity index (χ0n) is 19.8. The molecule has 0 saturated carbocycles. The number of hydrogen-bond donors (Lipinski definition) is 4. The molecule has 1 unspecified atom stereocenters. The number of aryl methyl sites for hydroxylation is 1. The second kappa shape index (κ2) is 10.6. The minimum absolute atomic E-state index is 0.119. The highest BCUT2D eigenvalue weighted by Gasteiger charge is 2.19. The molecule has 3 aromatic rings. The third kappa shape index (κ3) is 5.51. The number of hydrogen-bond acceptors (Lipinski definition) is 7. The molecule has 1 aliphatic heterocycles. The van der Waals surface area contributed by atoms with Crippen molar-refractivity contribution in [1.82, 2.24) is 14.9 Å². The summed E-state index contributed by atoms with van der Waals surface area (Å²) < 4.78 is 5.95. The van der Waals surface area contributed by atoms with Crippen LogP contribution < -0.4 is 15.8 Å². The summed E-state index contributed by atoms with van der Waals surface area (Å²) in [6.07, 6.45) is 4.09. The molecule has 8 nitrogen and oxygen atoms in total. The van der Waals surface area contributed by atoms with E-state index in [1.54, 1.807) is 18.2 Å². The molecule has 1 saturated heterocycles. The Morgan fingerprint density at radius 3 is 2.68 bits per heavy atom. The van der Waals surface area contributed by atoms with E-state index in [-0.39, 0.29) is 23.0 Å². The van der Waals surface area contributed by atoms with Crippen LogP contribution in [0.3, 0.4) is 0 Å². The van der Waals surface area contributed by atoms with Gasteiger partial charge in [-0.1, -0.05) is 13.3 Å². The summed E-state index contributed by atoms with van der Waals surface area (Å²) in [6.45, 7) is 7.18. The number of nitrogen functional groups attached to an aromatic ring is 1. The Morgan fingerprint density at radius 2 is 1.97 bits per heavy atom. The van der Waals surface area contributed by atoms with Crippen LogP contribution in [0.5, 0.6) is 11.5 Å². The number of phenols is 1. The van der Waals surface area contributed by atoms with E-state index in [2.05, 4.69) is 27.1 Å². The van der Waals surface area contributed by atoms with E-state index in [0.29, 0.717) is 30.6 Å². The number of ketones is 1. The first kappa shape index (κ1) is 23.6. The van der Waals surface area contributed by atoms with Gasteiger partial charge in [0, 0.05) is 17.3 Å². The minimum atomic E-state index is -0.272. The van der Waals surface area contributed by atoms with Crippen LogP contribution in [-0.2, 0) is 6.42 Å². The predicted octanol–water partition coefficient (Wildman–Crippen LogP) is 4.49. The van der Waals surface area contributed by atoms with Crippen molar-refractivity contribution in [2.24, 2.45) is 0 Å². The standard InChI is InChI=1S/C26H33N5O3/c1-3-6-18-15-19(7-12-22(18)32)24(33)23-25(27)30-26(29-23)28-20-8-10-21(11-9-20)34-16-17(2)31-13-4-5-14-31/h7-12,15,17,32H,3-6,13-14,16,27H2,1-2H3,(H2,28,29,30). The number of H-pyrrole nitrogens is 1. The number of carbonyl (C=O) groups is 1. The van der Waals surface area contributed by atoms with Gasteiger partial charge in [0.2, 0.25) is 11.7 Å². The molecule has 0 radical (unpaired) electrons. The van der Waals surface area contributed by atoms with Crippen molar-refractivity contribution < 1.29 is 14.6 Å². The fraction of sp³-hybridized carbons (Fsp3) is 0.385. The lowest BCUT2D eigenvalue weighted by molar-refractivity contribution is 0.103. The number of likely N-dealkylation sites (tertiary alicyclic amines) is 1. The maximum atomic E-state index is 13.0. The molecule has 8 heteroatoms. The lowest BCUT2D eigenvalue weighted by atomic mass is 10.0. The van der Waals surface area contributed by atoms with E-state index >= 15 is 0 Å². The third-order valence-electron chi connectivity index (χ3n) is 6.19. The highest BCUT2D eigenvalue weighted by molar-refractivity contribution is 6.10. The molecule has 34 heavy (non-hydrogen) atoms. The normalized spacial score (nSPS) is 14.8. The average molecular weight is 464 g/mol. The topological polar surface area (TPSA) is 116 Å². The highest BCUT2D eigenvalue weighted by Crippen LogP contribution is 2.25. The molecule has 0 aliphatic carbocycles. The lowest BCUT2D eigenvalue weighted by Gasteiger charge is -2.23. The number of phenolic OH excluding ortho intramolecular Hbond substituents is 1. The first-order chi connectivity index (χ1) is 16.4. The number of aromatic amines is 1. The van der Waals surface area contributed by atoms with Crippen LogP contribution in [0.4, 0.5) is 17.5 Å². The fourth-order valence-electron chi connectivity index (χ4n) is 4.24. The van der Waals surface area contributed by atoms with Crippen molar-refractivity contribution in [3.8, 4) is 11.5 Å². The van der Waals surface area contributed by atoms with Crippen molar-refractivity contribution in [3.05, 3.63) is 59.3 Å². The third-order valence-corrected chi connectivity index (χ3v) is 6.19. The maximum Gasteiger partial charge on any atom is 0.213 e. The first-order valence-electron chi connectivity index (χ1n) is 11.9. The Bertz CT molecular complexity index is 1120. The molecule has 0 spiro atoms. The first-order valence-corrected chi connectivity index (χ1v) is 11.9. The van der Waals surface area contributed by atoms with Crippen molar-refractivity contribution >= 4 is 23.2 Å². The summed E-state index contributed by atoms with van der Waals surface area (Å²) in [5, 5.41) is 13.1. The number of nitrogens with two attached hydrogens (primary N) is 1. The smallest absolute Gasteiger partial charge is 0.213 e. The summed E-state index contributed by atoms with van der Waals surface area (Å²) in [7, 11) is 0. The number of carbonyl (C=O) groups excluding carboxylic acids is 1. The van der Waals surface area contributed by atoms with Crippen molar-refractivity contribution in [3.63, 3.8) is 0 Å². The Morgan fingerprint density at radius 1 is 1.24 bits per heavy atom. The van der Waals surface area contributed by atoms with Gasteiger partial charge in [-0.25, -0.2) is 0 Å². The van der Waals surface area contributed by atoms with Gasteiger partial charge in [0.25, 0.3) is 0 Å². The minimum Gasteiger partial charge on any atom is -0.508 e. The molecular formula is C26H33N5O3. The second-order valence-corrected chi connectivity index (χ2v) is 8.82. The quantitative estimate of drug-likeness (QED) is 0.327. The molecule has 180 valence electrons. The van der Waals surface area contributed by atoms with E-state index in [4.69, 9.17) is 10.5 Å². The molecule has 4 rings (SSSR count). The number of nitrogens with one attached hydrogen (secondary N) is 2. The molecule has 0 amide bonds. The van der Waals surface area contributed by atoms with E-state index in [9.17, 15) is 9.90 Å². The van der Waals surface area contributed by atoms with Crippen LogP contribution in [-0.4, -0.2) is 51.5 Å². The van der Waals surface area contributed by atoms with Crippen LogP contribution in [0.2, 0.25) is 0 Å². The van der Waals surface area contributed by atoms with Crippen LogP contribution in [0.1, 0.15) is 54.7 Å². The van der Waals surface area contributed by atoms with Crippen molar-refractivity contribution in [1.29, 1.82) is 0 Å². The Labute approximate surface area is 200 Å². The summed E-state index contributed by atoms with van der Waals surface area (Å²) in [5.41, 5.74) is 8.22. The van der Waals surface area contributed by atoms with Gasteiger partial charge in [0.15, 0.2) is 5.82 Å². The molecule has 5 N–H and O–H groups in total. The van der Waals surface area contributed by atoms with Gasteiger partial charge in [-0.15, -0.1) is 0 Å². The Hall–Kier alpha value is -3.52. The zero-order chi connectivity index (χ0) is 24.1. The fourth-order valence-corrected chi connectivity index (χ4v) is 4.24. The van der Waals surface area contributed by atoms with E-state index < -0.39 is 0 Å². The molecule has 2 heterocycles. The molecule has 1 aromatic heterocycles. The number of imidazole rings is 1.